The molecule has 0 aromatic heterocycles. The minimum absolute atomic E-state index is 0.0490. The molecule has 6 nitrogen and oxygen atoms in total. The highest BCUT2D eigenvalue weighted by Gasteiger charge is 2.40. The Hall–Kier alpha value is -1.92. The van der Waals surface area contributed by atoms with Gasteiger partial charge in [-0.15, -0.1) is 0 Å². The minimum Gasteiger partial charge on any atom is -0.341 e. The number of hydrogen-bond donors (Lipinski definition) is 2. The summed E-state index contributed by atoms with van der Waals surface area (Å²) in [6.45, 7) is 1.91. The number of amides is 2. The summed E-state index contributed by atoms with van der Waals surface area (Å²) in [6, 6.07) is 4.30. The maximum Gasteiger partial charge on any atom is 0.319 e. The standard InChI is InChI=1S/C18H22ClN3O3/c1-20-18(25)21-14-10-12(2-3-13(14)19)16(23)5-4-15-17(24)11-6-8-22(15)9-7-11/h2-3,10-11,15H,4-9H2,1H3,(H2,20,21,25). The predicted octanol–water partition coefficient (Wildman–Crippen LogP) is 2.72. The van der Waals surface area contributed by atoms with E-state index in [1.165, 1.54) is 7.05 Å². The van der Waals surface area contributed by atoms with E-state index in [9.17, 15) is 14.4 Å². The molecule has 3 aliphatic rings. The van der Waals surface area contributed by atoms with Crippen molar-refractivity contribution in [2.45, 2.75) is 31.7 Å². The van der Waals surface area contributed by atoms with Gasteiger partial charge >= 0.3 is 6.03 Å². The lowest BCUT2D eigenvalue weighted by atomic mass is 9.80. The molecule has 0 aliphatic carbocycles. The van der Waals surface area contributed by atoms with E-state index in [4.69, 9.17) is 11.6 Å². The number of halogens is 1. The van der Waals surface area contributed by atoms with E-state index in [2.05, 4.69) is 15.5 Å². The summed E-state index contributed by atoms with van der Waals surface area (Å²) in [4.78, 5) is 38.5. The fraction of sp³-hybridized carbons (Fsp3) is 0.500. The number of urea groups is 1. The number of nitrogens with one attached hydrogen (secondary N) is 2. The summed E-state index contributed by atoms with van der Waals surface area (Å²) >= 11 is 6.06. The highest BCUT2D eigenvalue weighted by atomic mass is 35.5. The van der Waals surface area contributed by atoms with Crippen LogP contribution in [0.25, 0.3) is 0 Å². The van der Waals surface area contributed by atoms with Crippen molar-refractivity contribution in [3.63, 3.8) is 0 Å². The summed E-state index contributed by atoms with van der Waals surface area (Å²) in [7, 11) is 1.50. The van der Waals surface area contributed by atoms with E-state index in [0.29, 0.717) is 34.9 Å². The van der Waals surface area contributed by atoms with Crippen LogP contribution in [-0.4, -0.2) is 48.7 Å². The van der Waals surface area contributed by atoms with Crippen LogP contribution in [0.3, 0.4) is 0 Å². The van der Waals surface area contributed by atoms with Crippen molar-refractivity contribution in [1.82, 2.24) is 10.2 Å². The lowest BCUT2D eigenvalue weighted by molar-refractivity contribution is -0.137. The van der Waals surface area contributed by atoms with E-state index in [1.807, 2.05) is 0 Å². The third kappa shape index (κ3) is 3.85. The first-order chi connectivity index (χ1) is 12.0. The zero-order chi connectivity index (χ0) is 18.0. The Balaban J connectivity index is 1.64. The third-order valence-corrected chi connectivity index (χ3v) is 5.44. The maximum atomic E-state index is 12.5. The summed E-state index contributed by atoms with van der Waals surface area (Å²) in [5.41, 5.74) is 0.877. The molecule has 1 aromatic rings. The predicted molar refractivity (Wildman–Crippen MR) is 96.2 cm³/mol. The number of nitrogens with zero attached hydrogens (tertiary/aromatic N) is 1. The zero-order valence-corrected chi connectivity index (χ0v) is 14.9. The summed E-state index contributed by atoms with van der Waals surface area (Å²) in [5, 5.41) is 5.40. The highest BCUT2D eigenvalue weighted by molar-refractivity contribution is 6.33. The van der Waals surface area contributed by atoms with Crippen LogP contribution in [0.2, 0.25) is 5.02 Å². The molecule has 3 heterocycles. The molecule has 25 heavy (non-hydrogen) atoms. The fourth-order valence-electron chi connectivity index (χ4n) is 3.66. The molecule has 0 spiro atoms. The smallest absolute Gasteiger partial charge is 0.319 e. The Kier molecular flexibility index (Phi) is 5.39. The summed E-state index contributed by atoms with van der Waals surface area (Å²) < 4.78 is 0. The molecule has 2 bridgehead atoms. The number of piperidine rings is 3. The van der Waals surface area contributed by atoms with E-state index < -0.39 is 6.03 Å². The molecule has 1 unspecified atom stereocenters. The molecule has 2 N–H and O–H groups in total. The quantitative estimate of drug-likeness (QED) is 0.788. The van der Waals surface area contributed by atoms with Gasteiger partial charge in [0.1, 0.15) is 0 Å². The summed E-state index contributed by atoms with van der Waals surface area (Å²) in [5.74, 6) is 0.430. The molecule has 3 aliphatic heterocycles. The maximum absolute atomic E-state index is 12.5. The molecule has 2 amide bonds. The zero-order valence-electron chi connectivity index (χ0n) is 14.2. The average Bonchev–Trinajstić information content (AvgIpc) is 2.63. The third-order valence-electron chi connectivity index (χ3n) is 5.11. The number of ketones is 2. The first-order valence-electron chi connectivity index (χ1n) is 8.59. The van der Waals surface area contributed by atoms with Crippen LogP contribution in [0.4, 0.5) is 10.5 Å². The van der Waals surface area contributed by atoms with Gasteiger partial charge in [-0.1, -0.05) is 11.6 Å². The number of benzene rings is 1. The number of hydrogen-bond acceptors (Lipinski definition) is 4. The van der Waals surface area contributed by atoms with Gasteiger partial charge in [-0.25, -0.2) is 4.79 Å². The van der Waals surface area contributed by atoms with Gasteiger partial charge in [-0.2, -0.15) is 0 Å². The number of Topliss-reactive ketones (excluding diaryl/α,β-unsaturated/α-hetero) is 2. The van der Waals surface area contributed by atoms with E-state index in [-0.39, 0.29) is 17.7 Å². The highest BCUT2D eigenvalue weighted by Crippen LogP contribution is 2.31. The molecule has 3 saturated heterocycles. The van der Waals surface area contributed by atoms with Gasteiger partial charge < -0.3 is 10.6 Å². The SMILES string of the molecule is CNC(=O)Nc1cc(C(=O)CCC2C(=O)C3CCN2CC3)ccc1Cl. The monoisotopic (exact) mass is 363 g/mol. The van der Waals surface area contributed by atoms with Crippen LogP contribution in [0.15, 0.2) is 18.2 Å². The van der Waals surface area contributed by atoms with Crippen LogP contribution in [-0.2, 0) is 4.79 Å². The number of fused-ring (bicyclic) bond motifs is 3. The molecule has 4 rings (SSSR count). The molecule has 1 aromatic carbocycles. The number of rotatable bonds is 5. The van der Waals surface area contributed by atoms with Crippen LogP contribution < -0.4 is 10.6 Å². The first kappa shape index (κ1) is 17.9. The van der Waals surface area contributed by atoms with Gasteiger partial charge in [0.25, 0.3) is 0 Å². The Morgan fingerprint density at radius 3 is 2.64 bits per heavy atom. The largest absolute Gasteiger partial charge is 0.341 e. The minimum atomic E-state index is -0.400. The number of carbonyl (C=O) groups is 3. The Bertz CT molecular complexity index is 699. The van der Waals surface area contributed by atoms with Crippen LogP contribution >= 0.6 is 11.6 Å². The van der Waals surface area contributed by atoms with Crippen LogP contribution in [0.5, 0.6) is 0 Å². The Morgan fingerprint density at radius 2 is 2.00 bits per heavy atom. The second kappa shape index (κ2) is 7.54. The fourth-order valence-corrected chi connectivity index (χ4v) is 3.83. The van der Waals surface area contributed by atoms with Crippen molar-refractivity contribution in [1.29, 1.82) is 0 Å². The van der Waals surface area contributed by atoms with Crippen LogP contribution in [0, 0.1) is 5.92 Å². The van der Waals surface area contributed by atoms with Gasteiger partial charge in [0.2, 0.25) is 0 Å². The average molecular weight is 364 g/mol. The lowest BCUT2D eigenvalue weighted by Crippen LogP contribution is -2.55. The Labute approximate surface area is 151 Å². The topological polar surface area (TPSA) is 78.5 Å². The number of anilines is 1. The Morgan fingerprint density at radius 1 is 1.28 bits per heavy atom. The molecule has 3 fully saturated rings. The molecule has 134 valence electrons. The second-order valence-electron chi connectivity index (χ2n) is 6.59. The van der Waals surface area contributed by atoms with Crippen molar-refractivity contribution >= 4 is 34.9 Å². The number of carbonyl (C=O) groups excluding carboxylic acids is 3. The van der Waals surface area contributed by atoms with Gasteiger partial charge in [0.05, 0.1) is 16.8 Å². The molecular formula is C18H22ClN3O3. The van der Waals surface area contributed by atoms with Crippen molar-refractivity contribution < 1.29 is 14.4 Å². The van der Waals surface area contributed by atoms with Gasteiger partial charge in [0, 0.05) is 24.9 Å². The van der Waals surface area contributed by atoms with Gasteiger partial charge in [-0.05, 0) is 50.6 Å². The van der Waals surface area contributed by atoms with Crippen LogP contribution in [0.1, 0.15) is 36.0 Å². The molecule has 1 atom stereocenters. The van der Waals surface area contributed by atoms with E-state index in [1.54, 1.807) is 18.2 Å². The summed E-state index contributed by atoms with van der Waals surface area (Å²) in [6.07, 6.45) is 2.76. The molecule has 7 heteroatoms. The molecule has 0 radical (unpaired) electrons. The van der Waals surface area contributed by atoms with Crippen molar-refractivity contribution in [3.8, 4) is 0 Å². The molecular weight excluding hydrogens is 342 g/mol. The van der Waals surface area contributed by atoms with Crippen molar-refractivity contribution in [3.05, 3.63) is 28.8 Å². The van der Waals surface area contributed by atoms with E-state index in [0.717, 1.165) is 25.9 Å². The van der Waals surface area contributed by atoms with Crippen molar-refractivity contribution in [2.24, 2.45) is 5.92 Å². The second-order valence-corrected chi connectivity index (χ2v) is 7.00. The van der Waals surface area contributed by atoms with Crippen molar-refractivity contribution in [2.75, 3.05) is 25.5 Å². The normalized spacial score (nSPS) is 24.9. The van der Waals surface area contributed by atoms with Gasteiger partial charge in [0.15, 0.2) is 11.6 Å². The van der Waals surface area contributed by atoms with Gasteiger partial charge in [-0.3, -0.25) is 14.5 Å². The lowest BCUT2D eigenvalue weighted by Gasteiger charge is -2.44. The first-order valence-corrected chi connectivity index (χ1v) is 8.96. The molecule has 0 saturated carbocycles. The van der Waals surface area contributed by atoms with E-state index >= 15 is 0 Å².